The molecule has 0 radical (unpaired) electrons. The minimum atomic E-state index is 0.0464. The summed E-state index contributed by atoms with van der Waals surface area (Å²) in [6.07, 6.45) is 1.86. The lowest BCUT2D eigenvalue weighted by Crippen LogP contribution is -2.56. The van der Waals surface area contributed by atoms with Gasteiger partial charge in [-0.3, -0.25) is 14.9 Å². The number of aliphatic imine (C=N–C) groups is 1. The van der Waals surface area contributed by atoms with Crippen molar-refractivity contribution in [2.75, 3.05) is 39.9 Å². The Labute approximate surface area is 155 Å². The minimum absolute atomic E-state index is 0.0464. The lowest BCUT2D eigenvalue weighted by atomic mass is 10.0. The van der Waals surface area contributed by atoms with Gasteiger partial charge < -0.3 is 15.4 Å². The molecule has 0 saturated carbocycles. The number of pyridine rings is 1. The lowest BCUT2D eigenvalue weighted by Gasteiger charge is -2.41. The number of hydrogen-bond acceptors (Lipinski definition) is 4. The number of nitrogens with one attached hydrogen (secondary N) is 2. The van der Waals surface area contributed by atoms with Crippen LogP contribution in [0.4, 0.5) is 0 Å². The molecule has 0 unspecified atom stereocenters. The number of fused-ring (bicyclic) bond motifs is 1. The van der Waals surface area contributed by atoms with Gasteiger partial charge in [-0.05, 0) is 31.5 Å². The van der Waals surface area contributed by atoms with E-state index in [-0.39, 0.29) is 5.54 Å². The van der Waals surface area contributed by atoms with Gasteiger partial charge in [-0.15, -0.1) is 0 Å². The second-order valence-corrected chi connectivity index (χ2v) is 7.18. The Balaban J connectivity index is 1.58. The molecule has 2 aromatic rings. The van der Waals surface area contributed by atoms with Crippen LogP contribution < -0.4 is 10.6 Å². The average molecular weight is 355 g/mol. The molecule has 6 nitrogen and oxygen atoms in total. The zero-order valence-electron chi connectivity index (χ0n) is 16.0. The summed E-state index contributed by atoms with van der Waals surface area (Å²) in [6.45, 7) is 9.62. The number of aromatic nitrogens is 1. The summed E-state index contributed by atoms with van der Waals surface area (Å²) in [5.74, 6) is 0.812. The number of para-hydroxylation sites is 1. The zero-order chi connectivity index (χ0) is 18.4. The lowest BCUT2D eigenvalue weighted by molar-refractivity contribution is -0.00834. The molecule has 0 spiro atoms. The number of nitrogens with zero attached hydrogens (tertiary/aromatic N) is 3. The molecule has 1 aromatic heterocycles. The Kier molecular flexibility index (Phi) is 6.06. The molecule has 2 heterocycles. The zero-order valence-corrected chi connectivity index (χ0v) is 16.0. The molecule has 2 N–H and O–H groups in total. The molecule has 0 aliphatic carbocycles. The molecule has 26 heavy (non-hydrogen) atoms. The van der Waals surface area contributed by atoms with E-state index < -0.39 is 0 Å². The van der Waals surface area contributed by atoms with Gasteiger partial charge >= 0.3 is 0 Å². The molecule has 1 aliphatic rings. The van der Waals surface area contributed by atoms with E-state index in [0.717, 1.165) is 44.3 Å². The van der Waals surface area contributed by atoms with Crippen LogP contribution in [0.2, 0.25) is 0 Å². The number of benzene rings is 1. The van der Waals surface area contributed by atoms with Gasteiger partial charge in [-0.25, -0.2) is 0 Å². The highest BCUT2D eigenvalue weighted by Crippen LogP contribution is 2.16. The maximum Gasteiger partial charge on any atom is 0.191 e. The van der Waals surface area contributed by atoms with E-state index in [0.29, 0.717) is 6.54 Å². The van der Waals surface area contributed by atoms with Crippen molar-refractivity contribution in [2.24, 2.45) is 4.99 Å². The van der Waals surface area contributed by atoms with Crippen LogP contribution in [0.3, 0.4) is 0 Å². The minimum Gasteiger partial charge on any atom is -0.379 e. The molecular weight excluding hydrogens is 326 g/mol. The quantitative estimate of drug-likeness (QED) is 0.635. The number of ether oxygens (including phenoxy) is 1. The first-order valence-corrected chi connectivity index (χ1v) is 9.20. The summed E-state index contributed by atoms with van der Waals surface area (Å²) >= 11 is 0. The Morgan fingerprint density at radius 2 is 1.96 bits per heavy atom. The van der Waals surface area contributed by atoms with Gasteiger partial charge in [-0.2, -0.15) is 0 Å². The maximum atomic E-state index is 5.46. The SMILES string of the molecule is CN=C(NCc1ccnc2ccccc12)NCC(C)(C)N1CCOCC1. The highest BCUT2D eigenvalue weighted by molar-refractivity contribution is 5.83. The summed E-state index contributed by atoms with van der Waals surface area (Å²) in [5.41, 5.74) is 2.28. The van der Waals surface area contributed by atoms with Gasteiger partial charge in [0, 0.05) is 50.3 Å². The van der Waals surface area contributed by atoms with E-state index in [1.165, 1.54) is 10.9 Å². The van der Waals surface area contributed by atoms with Crippen molar-refractivity contribution in [3.8, 4) is 0 Å². The smallest absolute Gasteiger partial charge is 0.191 e. The number of guanidine groups is 1. The molecule has 3 rings (SSSR count). The summed E-state index contributed by atoms with van der Waals surface area (Å²) in [6, 6.07) is 10.3. The highest BCUT2D eigenvalue weighted by Gasteiger charge is 2.28. The molecule has 1 fully saturated rings. The van der Waals surface area contributed by atoms with Gasteiger partial charge in [0.15, 0.2) is 5.96 Å². The van der Waals surface area contributed by atoms with Crippen LogP contribution in [0, 0.1) is 0 Å². The first kappa shape index (κ1) is 18.6. The Morgan fingerprint density at radius 1 is 1.19 bits per heavy atom. The van der Waals surface area contributed by atoms with E-state index >= 15 is 0 Å². The van der Waals surface area contributed by atoms with Crippen molar-refractivity contribution in [1.82, 2.24) is 20.5 Å². The maximum absolute atomic E-state index is 5.46. The average Bonchev–Trinajstić information content (AvgIpc) is 2.69. The number of morpholine rings is 1. The van der Waals surface area contributed by atoms with E-state index in [1.807, 2.05) is 31.4 Å². The normalized spacial score (nSPS) is 16.7. The molecule has 1 aromatic carbocycles. The third-order valence-corrected chi connectivity index (χ3v) is 4.96. The molecule has 0 amide bonds. The highest BCUT2D eigenvalue weighted by atomic mass is 16.5. The molecule has 0 bridgehead atoms. The van der Waals surface area contributed by atoms with Crippen LogP contribution in [-0.2, 0) is 11.3 Å². The van der Waals surface area contributed by atoms with Crippen LogP contribution in [0.5, 0.6) is 0 Å². The molecule has 6 heteroatoms. The molecular formula is C20H29N5O. The van der Waals surface area contributed by atoms with Crippen LogP contribution in [0.1, 0.15) is 19.4 Å². The Bertz CT molecular complexity index is 747. The fourth-order valence-electron chi connectivity index (χ4n) is 3.29. The van der Waals surface area contributed by atoms with Crippen molar-refractivity contribution < 1.29 is 4.74 Å². The monoisotopic (exact) mass is 355 g/mol. The molecule has 0 atom stereocenters. The van der Waals surface area contributed by atoms with Crippen molar-refractivity contribution in [2.45, 2.75) is 25.9 Å². The summed E-state index contributed by atoms with van der Waals surface area (Å²) in [7, 11) is 1.81. The van der Waals surface area contributed by atoms with Gasteiger partial charge in [0.25, 0.3) is 0 Å². The third-order valence-electron chi connectivity index (χ3n) is 4.96. The summed E-state index contributed by atoms with van der Waals surface area (Å²) in [5, 5.41) is 8.06. The van der Waals surface area contributed by atoms with Gasteiger partial charge in [-0.1, -0.05) is 18.2 Å². The first-order valence-electron chi connectivity index (χ1n) is 9.20. The second kappa shape index (κ2) is 8.47. The van der Waals surface area contributed by atoms with Crippen LogP contribution in [0.25, 0.3) is 10.9 Å². The number of hydrogen-bond donors (Lipinski definition) is 2. The number of rotatable bonds is 5. The van der Waals surface area contributed by atoms with Gasteiger partial charge in [0.05, 0.1) is 18.7 Å². The van der Waals surface area contributed by atoms with Crippen molar-refractivity contribution in [1.29, 1.82) is 0 Å². The van der Waals surface area contributed by atoms with E-state index in [4.69, 9.17) is 4.74 Å². The molecule has 1 aliphatic heterocycles. The summed E-state index contributed by atoms with van der Waals surface area (Å²) in [4.78, 5) is 11.3. The summed E-state index contributed by atoms with van der Waals surface area (Å²) < 4.78 is 5.46. The fraction of sp³-hybridized carbons (Fsp3) is 0.500. The second-order valence-electron chi connectivity index (χ2n) is 7.18. The van der Waals surface area contributed by atoms with Gasteiger partial charge in [0.1, 0.15) is 0 Å². The van der Waals surface area contributed by atoms with Crippen LogP contribution in [0.15, 0.2) is 41.5 Å². The topological polar surface area (TPSA) is 61.8 Å². The van der Waals surface area contributed by atoms with Crippen molar-refractivity contribution in [3.05, 3.63) is 42.1 Å². The first-order chi connectivity index (χ1) is 12.6. The fourth-order valence-corrected chi connectivity index (χ4v) is 3.29. The van der Waals surface area contributed by atoms with E-state index in [9.17, 15) is 0 Å². The predicted octanol–water partition coefficient (Wildman–Crippen LogP) is 2.01. The van der Waals surface area contributed by atoms with Gasteiger partial charge in [0.2, 0.25) is 0 Å². The van der Waals surface area contributed by atoms with Crippen molar-refractivity contribution >= 4 is 16.9 Å². The van der Waals surface area contributed by atoms with Crippen LogP contribution >= 0.6 is 0 Å². The van der Waals surface area contributed by atoms with E-state index in [2.05, 4.69) is 51.5 Å². The van der Waals surface area contributed by atoms with Crippen molar-refractivity contribution in [3.63, 3.8) is 0 Å². The third kappa shape index (κ3) is 4.51. The van der Waals surface area contributed by atoms with Crippen LogP contribution in [-0.4, -0.2) is 61.3 Å². The predicted molar refractivity (Wildman–Crippen MR) is 106 cm³/mol. The molecule has 140 valence electrons. The van der Waals surface area contributed by atoms with E-state index in [1.54, 1.807) is 0 Å². The standard InChI is InChI=1S/C20H29N5O/c1-20(2,25-10-12-26-13-11-25)15-24-19(21-3)23-14-16-8-9-22-18-7-5-4-6-17(16)18/h4-9H,10-15H2,1-3H3,(H2,21,23,24). The Morgan fingerprint density at radius 3 is 2.73 bits per heavy atom. The largest absolute Gasteiger partial charge is 0.379 e. The Hall–Kier alpha value is -2.18. The molecule has 1 saturated heterocycles.